The minimum Gasteiger partial charge on any atom is -0.0798 e. The van der Waals surface area contributed by atoms with Crippen LogP contribution in [0.25, 0.3) is 61.6 Å². The number of aromatic nitrogens is 3. The van der Waals surface area contributed by atoms with Gasteiger partial charge in [0.15, 0.2) is 25.0 Å². The molecule has 3 nitrogen and oxygen atoms in total. The average Bonchev–Trinajstić information content (AvgIpc) is 3.32. The molecule has 5 heterocycles. The van der Waals surface area contributed by atoms with Crippen molar-refractivity contribution in [3.63, 3.8) is 0 Å². The second-order valence-corrected chi connectivity index (χ2v) is 18.0. The SMILES string of the molecule is CC=C(C=C(C)C)c1ccc2c(c1)-c1cccc[n+]1C1(Cc3ccc(-c4cc(C)ccc4C)cc3-c3cccc[n+]31)[n+]1ccccc1-c1cc(-c3cc(C)ccc3C)ccc1CC2. The van der Waals surface area contributed by atoms with E-state index in [4.69, 9.17) is 0 Å². The van der Waals surface area contributed by atoms with Crippen LogP contribution in [0.15, 0.2) is 182 Å². The molecule has 10 rings (SSSR count). The van der Waals surface area contributed by atoms with Crippen LogP contribution in [0, 0.1) is 27.7 Å². The summed E-state index contributed by atoms with van der Waals surface area (Å²) < 4.78 is 7.73. The topological polar surface area (TPSA) is 11.6 Å². The molecule has 308 valence electrons. The van der Waals surface area contributed by atoms with Crippen molar-refractivity contribution in [2.45, 2.75) is 73.5 Å². The fraction of sp³-hybridized carbons (Fsp3) is 0.183. The van der Waals surface area contributed by atoms with Crippen LogP contribution in [0.3, 0.4) is 0 Å². The fourth-order valence-electron chi connectivity index (χ4n) is 10.3. The summed E-state index contributed by atoms with van der Waals surface area (Å²) in [4.78, 5) is 0. The smallest absolute Gasteiger partial charge is 0.0798 e. The van der Waals surface area contributed by atoms with E-state index in [1.807, 2.05) is 0 Å². The molecular formula is C60H56N3+3. The highest BCUT2D eigenvalue weighted by molar-refractivity contribution is 5.80. The molecule has 0 N–H and O–H groups in total. The fourth-order valence-corrected chi connectivity index (χ4v) is 10.3. The predicted octanol–water partition coefficient (Wildman–Crippen LogP) is 12.8. The van der Waals surface area contributed by atoms with Crippen LogP contribution in [0.4, 0.5) is 0 Å². The monoisotopic (exact) mass is 818 g/mol. The molecule has 0 aliphatic carbocycles. The van der Waals surface area contributed by atoms with Gasteiger partial charge in [-0.15, -0.1) is 0 Å². The van der Waals surface area contributed by atoms with Crippen molar-refractivity contribution in [2.75, 3.05) is 0 Å². The number of allylic oxidation sites excluding steroid dienone is 4. The maximum Gasteiger partial charge on any atom is 0.565 e. The van der Waals surface area contributed by atoms with Gasteiger partial charge in [-0.1, -0.05) is 115 Å². The predicted molar refractivity (Wildman–Crippen MR) is 259 cm³/mol. The second-order valence-electron chi connectivity index (χ2n) is 18.0. The third kappa shape index (κ3) is 6.97. The Morgan fingerprint density at radius 3 is 1.43 bits per heavy atom. The number of aryl methyl sites for hydroxylation is 6. The van der Waals surface area contributed by atoms with E-state index in [0.717, 1.165) is 19.3 Å². The maximum atomic E-state index is 2.59. The van der Waals surface area contributed by atoms with Crippen molar-refractivity contribution in [3.05, 3.63) is 226 Å². The lowest BCUT2D eigenvalue weighted by Gasteiger charge is -2.27. The molecular weight excluding hydrogens is 763 g/mol. The van der Waals surface area contributed by atoms with Crippen LogP contribution >= 0.6 is 0 Å². The van der Waals surface area contributed by atoms with Crippen LogP contribution in [0.1, 0.15) is 65.3 Å². The molecule has 1 unspecified atom stereocenters. The van der Waals surface area contributed by atoms with Crippen LogP contribution in [0.2, 0.25) is 0 Å². The number of hydrogen-bond acceptors (Lipinski definition) is 0. The molecule has 2 aliphatic rings. The third-order valence-corrected chi connectivity index (χ3v) is 13.5. The Kier molecular flexibility index (Phi) is 10.2. The van der Waals surface area contributed by atoms with Crippen LogP contribution in [-0.2, 0) is 25.0 Å². The minimum absolute atomic E-state index is 0.722. The number of nitrogens with zero attached hydrogens (tertiary/aromatic N) is 3. The zero-order valence-electron chi connectivity index (χ0n) is 37.7. The van der Waals surface area contributed by atoms with Gasteiger partial charge in [0.05, 0.1) is 16.7 Å². The summed E-state index contributed by atoms with van der Waals surface area (Å²) in [6, 6.07) is 55.5. The first-order valence-electron chi connectivity index (χ1n) is 22.5. The molecule has 5 aromatic carbocycles. The van der Waals surface area contributed by atoms with Crippen molar-refractivity contribution >= 4 is 5.57 Å². The van der Waals surface area contributed by atoms with Crippen molar-refractivity contribution in [1.29, 1.82) is 0 Å². The average molecular weight is 819 g/mol. The quantitative estimate of drug-likeness (QED) is 0.124. The molecule has 3 aromatic heterocycles. The molecule has 0 radical (unpaired) electrons. The number of benzene rings is 5. The van der Waals surface area contributed by atoms with Gasteiger partial charge in [0.25, 0.3) is 0 Å². The van der Waals surface area contributed by atoms with E-state index < -0.39 is 5.79 Å². The van der Waals surface area contributed by atoms with Gasteiger partial charge in [-0.05, 0) is 159 Å². The molecule has 63 heavy (non-hydrogen) atoms. The van der Waals surface area contributed by atoms with E-state index in [1.165, 1.54) is 112 Å². The second kappa shape index (κ2) is 16.1. The molecule has 0 saturated heterocycles. The summed E-state index contributed by atoms with van der Waals surface area (Å²) in [5, 5.41) is 0. The maximum absolute atomic E-state index is 2.59. The Labute approximate surface area is 373 Å². The lowest BCUT2D eigenvalue weighted by molar-refractivity contribution is -1.16. The largest absolute Gasteiger partial charge is 0.565 e. The molecule has 0 saturated carbocycles. The summed E-state index contributed by atoms with van der Waals surface area (Å²) in [7, 11) is 0. The zero-order chi connectivity index (χ0) is 43.4. The first kappa shape index (κ1) is 40.1. The van der Waals surface area contributed by atoms with Gasteiger partial charge in [0.2, 0.25) is 17.1 Å². The van der Waals surface area contributed by atoms with Crippen molar-refractivity contribution in [2.24, 2.45) is 0 Å². The molecule has 1 atom stereocenters. The summed E-state index contributed by atoms with van der Waals surface area (Å²) >= 11 is 0. The van der Waals surface area contributed by atoms with E-state index in [9.17, 15) is 0 Å². The van der Waals surface area contributed by atoms with Crippen LogP contribution in [0.5, 0.6) is 0 Å². The van der Waals surface area contributed by atoms with Gasteiger partial charge in [-0.25, -0.2) is 0 Å². The Balaban J connectivity index is 1.31. The number of pyridine rings is 3. The van der Waals surface area contributed by atoms with Crippen molar-refractivity contribution < 1.29 is 13.7 Å². The molecule has 2 aliphatic heterocycles. The van der Waals surface area contributed by atoms with Gasteiger partial charge in [0, 0.05) is 36.4 Å². The standard InChI is InChI=1S/C60H56N3/c1-8-45(33-40(2)3)48-26-24-46-22-23-47-25-27-49(52-34-41(4)18-20-43(52)6)37-55(47)58-16-10-13-31-62(58)60(61-30-12-9-15-57(61)54(46)36-48)39-51-29-28-50(53-35-42(5)19-21-44(53)7)38-56(51)59-17-11-14-32-63(59)60/h8-21,24-38H,22-23,39H2,1-7H3/q+3. The zero-order valence-corrected chi connectivity index (χ0v) is 37.7. The molecule has 0 amide bonds. The first-order valence-corrected chi connectivity index (χ1v) is 22.5. The number of fused-ring (bicyclic) bond motifs is 12. The number of rotatable bonds is 4. The third-order valence-electron chi connectivity index (χ3n) is 13.5. The summed E-state index contributed by atoms with van der Waals surface area (Å²) in [5.74, 6) is -0.773. The minimum atomic E-state index is -0.773. The number of hydrogen-bond donors (Lipinski definition) is 0. The first-order chi connectivity index (χ1) is 30.6. The molecule has 0 bridgehead atoms. The summed E-state index contributed by atoms with van der Waals surface area (Å²) in [5.41, 5.74) is 25.3. The Bertz CT molecular complexity index is 3180. The van der Waals surface area contributed by atoms with Gasteiger partial charge >= 0.3 is 5.79 Å². The Morgan fingerprint density at radius 2 is 0.937 bits per heavy atom. The summed E-state index contributed by atoms with van der Waals surface area (Å²) in [6.45, 7) is 15.4. The highest BCUT2D eigenvalue weighted by Crippen LogP contribution is 2.39. The van der Waals surface area contributed by atoms with E-state index >= 15 is 0 Å². The van der Waals surface area contributed by atoms with Gasteiger partial charge in [-0.3, -0.25) is 0 Å². The normalized spacial score (nSPS) is 15.2. The Morgan fingerprint density at radius 1 is 0.476 bits per heavy atom. The van der Waals surface area contributed by atoms with Gasteiger partial charge in [-0.2, -0.15) is 0 Å². The highest BCUT2D eigenvalue weighted by Gasteiger charge is 2.65. The lowest BCUT2D eigenvalue weighted by Crippen LogP contribution is -2.89. The molecule has 1 spiro atoms. The molecule has 3 heteroatoms. The lowest BCUT2D eigenvalue weighted by atomic mass is 9.87. The molecule has 8 aromatic rings. The van der Waals surface area contributed by atoms with E-state index in [2.05, 4.69) is 239 Å². The van der Waals surface area contributed by atoms with Crippen LogP contribution < -0.4 is 13.7 Å². The van der Waals surface area contributed by atoms with Crippen molar-refractivity contribution in [3.8, 4) is 56.0 Å². The Hall–Kier alpha value is -6.97. The van der Waals surface area contributed by atoms with Crippen LogP contribution in [-0.4, -0.2) is 0 Å². The van der Waals surface area contributed by atoms with E-state index in [-0.39, 0.29) is 0 Å². The van der Waals surface area contributed by atoms with Gasteiger partial charge in [0.1, 0.15) is 0 Å². The summed E-state index contributed by atoms with van der Waals surface area (Å²) in [6.07, 6.45) is 14.0. The van der Waals surface area contributed by atoms with Gasteiger partial charge < -0.3 is 0 Å². The van der Waals surface area contributed by atoms with E-state index in [0.29, 0.717) is 0 Å². The van der Waals surface area contributed by atoms with E-state index in [1.54, 1.807) is 0 Å². The van der Waals surface area contributed by atoms with Crippen molar-refractivity contribution in [1.82, 2.24) is 0 Å². The highest BCUT2D eigenvalue weighted by atomic mass is 15.4. The molecule has 0 fully saturated rings.